The van der Waals surface area contributed by atoms with Gasteiger partial charge < -0.3 is 11.1 Å². The maximum Gasteiger partial charge on any atom is 0.420 e. The number of nitrogens with two attached hydrogens (primary N) is 1. The second-order valence-corrected chi connectivity index (χ2v) is 7.42. The molecule has 2 amide bonds. The van der Waals surface area contributed by atoms with E-state index in [4.69, 9.17) is 5.73 Å². The topological polar surface area (TPSA) is 103 Å². The zero-order chi connectivity index (χ0) is 24.1. The van der Waals surface area contributed by atoms with Gasteiger partial charge in [0.25, 0.3) is 11.8 Å². The van der Waals surface area contributed by atoms with Crippen LogP contribution in [0.2, 0.25) is 0 Å². The lowest BCUT2D eigenvalue weighted by molar-refractivity contribution is -0.185. The van der Waals surface area contributed by atoms with Crippen LogP contribution in [0, 0.1) is 12.8 Å². The molecule has 1 saturated carbocycles. The molecule has 0 bridgehead atoms. The summed E-state index contributed by atoms with van der Waals surface area (Å²) in [5.41, 5.74) is 1.56. The number of hydrogen-bond acceptors (Lipinski definition) is 4. The van der Waals surface area contributed by atoms with Gasteiger partial charge in [-0.3, -0.25) is 19.3 Å². The summed E-state index contributed by atoms with van der Waals surface area (Å²) in [6.45, 7) is 0.194. The molecule has 1 aliphatic carbocycles. The third kappa shape index (κ3) is 4.39. The number of aryl methyl sites for hydroxylation is 1. The maximum absolute atomic E-state index is 13.6. The highest BCUT2D eigenvalue weighted by atomic mass is 19.4. The molecule has 2 aromatic rings. The molecule has 0 aromatic carbocycles. The number of amides is 2. The fraction of sp³-hybridized carbons (Fsp3) is 0.444. The molecule has 32 heavy (non-hydrogen) atoms. The number of carbonyl (C=O) groups excluding carboxylic acids is 2. The summed E-state index contributed by atoms with van der Waals surface area (Å²) < 4.78 is 95.4. The fourth-order valence-corrected chi connectivity index (χ4v) is 3.59. The van der Waals surface area contributed by atoms with Gasteiger partial charge in [0.15, 0.2) is 0 Å². The van der Waals surface area contributed by atoms with Gasteiger partial charge in [0.05, 0.1) is 5.69 Å². The number of alkyl halides is 7. The van der Waals surface area contributed by atoms with Crippen molar-refractivity contribution in [2.75, 3.05) is 5.32 Å². The SMILES string of the molecule is Cc1nn(CC2CC(F)(F)C(F)(F)C2)c(C(=O)Nc2ccnc(C(N)=O)c2)c1C(F)(F)F. The van der Waals surface area contributed by atoms with Gasteiger partial charge in [0.2, 0.25) is 0 Å². The Morgan fingerprint density at radius 1 is 1.22 bits per heavy atom. The van der Waals surface area contributed by atoms with Gasteiger partial charge in [-0.15, -0.1) is 0 Å². The maximum atomic E-state index is 13.6. The molecule has 2 aromatic heterocycles. The van der Waals surface area contributed by atoms with E-state index in [-0.39, 0.29) is 11.4 Å². The molecule has 2 heterocycles. The van der Waals surface area contributed by atoms with Crippen molar-refractivity contribution in [3.63, 3.8) is 0 Å². The standard InChI is InChI=1S/C18H16F7N5O2/c1-8-12(18(23,24)25)13(15(32)28-10-2-3-27-11(4-10)14(26)31)30(29-8)7-9-5-16(19,20)17(21,22)6-9/h2-4,9H,5-7H2,1H3,(H2,26,31)(H,27,28,32). The van der Waals surface area contributed by atoms with Crippen molar-refractivity contribution in [1.29, 1.82) is 0 Å². The summed E-state index contributed by atoms with van der Waals surface area (Å²) in [4.78, 5) is 27.6. The van der Waals surface area contributed by atoms with Crippen molar-refractivity contribution in [1.82, 2.24) is 14.8 Å². The molecule has 7 nitrogen and oxygen atoms in total. The Morgan fingerprint density at radius 3 is 2.34 bits per heavy atom. The average Bonchev–Trinajstić information content (AvgIpc) is 3.06. The van der Waals surface area contributed by atoms with E-state index < -0.39 is 72.1 Å². The van der Waals surface area contributed by atoms with Crippen LogP contribution in [0.25, 0.3) is 0 Å². The number of nitrogens with one attached hydrogen (secondary N) is 1. The molecular weight excluding hydrogens is 451 g/mol. The minimum absolute atomic E-state index is 0.128. The Morgan fingerprint density at radius 2 is 1.81 bits per heavy atom. The van der Waals surface area contributed by atoms with Crippen LogP contribution < -0.4 is 11.1 Å². The highest BCUT2D eigenvalue weighted by molar-refractivity contribution is 6.05. The first-order valence-electron chi connectivity index (χ1n) is 9.10. The molecule has 14 heteroatoms. The van der Waals surface area contributed by atoms with Gasteiger partial charge in [-0.1, -0.05) is 0 Å². The molecule has 1 fully saturated rings. The zero-order valence-corrected chi connectivity index (χ0v) is 16.3. The zero-order valence-electron chi connectivity index (χ0n) is 16.3. The van der Waals surface area contributed by atoms with Gasteiger partial charge in [-0.25, -0.2) is 0 Å². The lowest BCUT2D eigenvalue weighted by Crippen LogP contribution is -2.33. The van der Waals surface area contributed by atoms with Gasteiger partial charge in [-0.2, -0.15) is 35.8 Å². The summed E-state index contributed by atoms with van der Waals surface area (Å²) in [5.74, 6) is -12.4. The molecule has 0 aliphatic heterocycles. The highest BCUT2D eigenvalue weighted by Crippen LogP contribution is 2.51. The number of halogens is 7. The van der Waals surface area contributed by atoms with Crippen LogP contribution in [-0.4, -0.2) is 38.4 Å². The first-order valence-corrected chi connectivity index (χ1v) is 9.10. The molecule has 0 unspecified atom stereocenters. The van der Waals surface area contributed by atoms with E-state index in [0.29, 0.717) is 4.68 Å². The van der Waals surface area contributed by atoms with Gasteiger partial charge in [0.1, 0.15) is 17.0 Å². The molecule has 0 atom stereocenters. The van der Waals surface area contributed by atoms with Gasteiger partial charge >= 0.3 is 18.0 Å². The monoisotopic (exact) mass is 467 g/mol. The second-order valence-electron chi connectivity index (χ2n) is 7.42. The van der Waals surface area contributed by atoms with E-state index in [0.717, 1.165) is 19.2 Å². The number of carbonyl (C=O) groups is 2. The summed E-state index contributed by atoms with van der Waals surface area (Å²) in [6.07, 6.45) is -6.51. The predicted octanol–water partition coefficient (Wildman–Crippen LogP) is 3.64. The summed E-state index contributed by atoms with van der Waals surface area (Å²) in [6, 6.07) is 2.18. The number of pyridine rings is 1. The van der Waals surface area contributed by atoms with Crippen molar-refractivity contribution in [3.05, 3.63) is 41.0 Å². The first-order chi connectivity index (χ1) is 14.6. The van der Waals surface area contributed by atoms with E-state index in [1.807, 2.05) is 0 Å². The molecule has 174 valence electrons. The second kappa shape index (κ2) is 7.74. The number of anilines is 1. The van der Waals surface area contributed by atoms with Crippen molar-refractivity contribution >= 4 is 17.5 Å². The first kappa shape index (κ1) is 23.5. The Balaban J connectivity index is 1.97. The summed E-state index contributed by atoms with van der Waals surface area (Å²) in [7, 11) is 0. The minimum Gasteiger partial charge on any atom is -0.364 e. The van der Waals surface area contributed by atoms with Crippen molar-refractivity contribution in [2.45, 2.75) is 44.3 Å². The van der Waals surface area contributed by atoms with Crippen molar-refractivity contribution in [3.8, 4) is 0 Å². The molecule has 0 radical (unpaired) electrons. The smallest absolute Gasteiger partial charge is 0.364 e. The third-order valence-electron chi connectivity index (χ3n) is 4.95. The van der Waals surface area contributed by atoms with Crippen molar-refractivity contribution in [2.24, 2.45) is 11.7 Å². The number of rotatable bonds is 5. The van der Waals surface area contributed by atoms with Crippen LogP contribution in [-0.2, 0) is 12.7 Å². The van der Waals surface area contributed by atoms with Crippen LogP contribution in [0.1, 0.15) is 45.1 Å². The Hall–Kier alpha value is -3.19. The Labute approximate surface area is 175 Å². The number of nitrogens with zero attached hydrogens (tertiary/aromatic N) is 3. The lowest BCUT2D eigenvalue weighted by Gasteiger charge is -2.16. The molecular formula is C18H16F7N5O2. The van der Waals surface area contributed by atoms with Gasteiger partial charge in [0, 0.05) is 31.3 Å². The lowest BCUT2D eigenvalue weighted by atomic mass is 10.1. The van der Waals surface area contributed by atoms with Crippen LogP contribution in [0.5, 0.6) is 0 Å². The normalized spacial score (nSPS) is 18.0. The van der Waals surface area contributed by atoms with E-state index in [1.54, 1.807) is 0 Å². The number of aromatic nitrogens is 3. The van der Waals surface area contributed by atoms with Crippen LogP contribution >= 0.6 is 0 Å². The molecule has 0 spiro atoms. The van der Waals surface area contributed by atoms with E-state index in [2.05, 4.69) is 15.4 Å². The minimum atomic E-state index is -5.05. The quantitative estimate of drug-likeness (QED) is 0.656. The van der Waals surface area contributed by atoms with Crippen molar-refractivity contribution < 1.29 is 40.3 Å². The number of hydrogen-bond donors (Lipinski definition) is 2. The molecule has 0 saturated heterocycles. The summed E-state index contributed by atoms with van der Waals surface area (Å²) >= 11 is 0. The average molecular weight is 467 g/mol. The molecule has 3 N–H and O–H groups in total. The predicted molar refractivity (Wildman–Crippen MR) is 95.3 cm³/mol. The molecule has 3 rings (SSSR count). The third-order valence-corrected chi connectivity index (χ3v) is 4.95. The Bertz CT molecular complexity index is 1050. The van der Waals surface area contributed by atoms with Gasteiger partial charge in [-0.05, 0) is 25.0 Å². The summed E-state index contributed by atoms with van der Waals surface area (Å²) in [5, 5.41) is 5.74. The van der Waals surface area contributed by atoms with Crippen LogP contribution in [0.15, 0.2) is 18.3 Å². The molecule has 1 aliphatic rings. The largest absolute Gasteiger partial charge is 0.420 e. The highest BCUT2D eigenvalue weighted by Gasteiger charge is 2.63. The van der Waals surface area contributed by atoms with E-state index in [1.165, 1.54) is 6.07 Å². The number of primary amides is 1. The van der Waals surface area contributed by atoms with E-state index >= 15 is 0 Å². The fourth-order valence-electron chi connectivity index (χ4n) is 3.59. The van der Waals surface area contributed by atoms with Crippen LogP contribution in [0.3, 0.4) is 0 Å². The Kier molecular flexibility index (Phi) is 5.68. The van der Waals surface area contributed by atoms with Crippen LogP contribution in [0.4, 0.5) is 36.4 Å². The van der Waals surface area contributed by atoms with E-state index in [9.17, 15) is 40.3 Å².